The first-order valence-electron chi connectivity index (χ1n) is 6.81. The molecule has 21 heavy (non-hydrogen) atoms. The first-order valence-corrected chi connectivity index (χ1v) is 7.34. The standard InChI is InChI=1S/C15H20ClNO4/c1-10-9-21-12(7-16)8-17(10)15(18)11-4-5-13(19-2)14(6-11)20-3/h4-6,10,12H,7-9H2,1-3H3. The molecule has 2 unspecified atom stereocenters. The van der Waals surface area contributed by atoms with Crippen molar-refractivity contribution in [3.63, 3.8) is 0 Å². The second kappa shape index (κ2) is 7.00. The van der Waals surface area contributed by atoms with E-state index >= 15 is 0 Å². The van der Waals surface area contributed by atoms with E-state index < -0.39 is 0 Å². The van der Waals surface area contributed by atoms with Crippen LogP contribution in [0.3, 0.4) is 0 Å². The van der Waals surface area contributed by atoms with Gasteiger partial charge in [-0.2, -0.15) is 0 Å². The van der Waals surface area contributed by atoms with E-state index in [0.717, 1.165) is 0 Å². The lowest BCUT2D eigenvalue weighted by Gasteiger charge is -2.37. The molecule has 1 aromatic carbocycles. The fourth-order valence-electron chi connectivity index (χ4n) is 2.33. The lowest BCUT2D eigenvalue weighted by molar-refractivity contribution is -0.0371. The van der Waals surface area contributed by atoms with Gasteiger partial charge < -0.3 is 19.1 Å². The third-order valence-electron chi connectivity index (χ3n) is 3.57. The molecule has 2 atom stereocenters. The van der Waals surface area contributed by atoms with Gasteiger partial charge in [-0.3, -0.25) is 4.79 Å². The number of carbonyl (C=O) groups is 1. The van der Waals surface area contributed by atoms with Gasteiger partial charge in [0.1, 0.15) is 0 Å². The average molecular weight is 314 g/mol. The van der Waals surface area contributed by atoms with Crippen LogP contribution in [0, 0.1) is 0 Å². The number of carbonyl (C=O) groups excluding carboxylic acids is 1. The fourth-order valence-corrected chi connectivity index (χ4v) is 2.52. The third-order valence-corrected chi connectivity index (χ3v) is 3.91. The number of amides is 1. The number of hydrogen-bond acceptors (Lipinski definition) is 4. The minimum absolute atomic E-state index is 0.0186. The van der Waals surface area contributed by atoms with Gasteiger partial charge in [0, 0.05) is 12.1 Å². The molecule has 0 saturated carbocycles. The average Bonchev–Trinajstić information content (AvgIpc) is 2.54. The first kappa shape index (κ1) is 15.9. The molecule has 1 aromatic rings. The Morgan fingerprint density at radius 2 is 2.10 bits per heavy atom. The van der Waals surface area contributed by atoms with E-state index in [9.17, 15) is 4.79 Å². The maximum Gasteiger partial charge on any atom is 0.254 e. The van der Waals surface area contributed by atoms with Crippen molar-refractivity contribution >= 4 is 17.5 Å². The quantitative estimate of drug-likeness (QED) is 0.799. The van der Waals surface area contributed by atoms with E-state index in [0.29, 0.717) is 36.1 Å². The van der Waals surface area contributed by atoms with Gasteiger partial charge in [-0.05, 0) is 25.1 Å². The predicted octanol–water partition coefficient (Wildman–Crippen LogP) is 2.17. The number of morpholine rings is 1. The molecular formula is C15H20ClNO4. The Balaban J connectivity index is 2.22. The van der Waals surface area contributed by atoms with Gasteiger partial charge >= 0.3 is 0 Å². The van der Waals surface area contributed by atoms with Crippen molar-refractivity contribution < 1.29 is 19.0 Å². The van der Waals surface area contributed by atoms with Crippen LogP contribution in [-0.4, -0.2) is 56.2 Å². The summed E-state index contributed by atoms with van der Waals surface area (Å²) in [6, 6.07) is 5.18. The smallest absolute Gasteiger partial charge is 0.254 e. The number of nitrogens with zero attached hydrogens (tertiary/aromatic N) is 1. The Bertz CT molecular complexity index is 508. The molecule has 1 amide bonds. The van der Waals surface area contributed by atoms with Crippen LogP contribution >= 0.6 is 11.6 Å². The van der Waals surface area contributed by atoms with Crippen LogP contribution in [-0.2, 0) is 4.74 Å². The summed E-state index contributed by atoms with van der Waals surface area (Å²) >= 11 is 5.83. The van der Waals surface area contributed by atoms with E-state index in [4.69, 9.17) is 25.8 Å². The van der Waals surface area contributed by atoms with Crippen LogP contribution in [0.4, 0.5) is 0 Å². The maximum absolute atomic E-state index is 12.7. The molecule has 6 heteroatoms. The molecule has 1 saturated heterocycles. The van der Waals surface area contributed by atoms with Gasteiger partial charge in [0.25, 0.3) is 5.91 Å². The normalized spacial score (nSPS) is 22.0. The van der Waals surface area contributed by atoms with Gasteiger partial charge in [-0.25, -0.2) is 0 Å². The number of hydrogen-bond donors (Lipinski definition) is 0. The van der Waals surface area contributed by atoms with E-state index in [-0.39, 0.29) is 18.1 Å². The van der Waals surface area contributed by atoms with Gasteiger partial charge in [-0.15, -0.1) is 11.6 Å². The van der Waals surface area contributed by atoms with E-state index in [1.54, 1.807) is 37.3 Å². The molecule has 1 heterocycles. The largest absolute Gasteiger partial charge is 0.493 e. The first-order chi connectivity index (χ1) is 10.1. The molecule has 1 fully saturated rings. The number of benzene rings is 1. The van der Waals surface area contributed by atoms with Gasteiger partial charge in [0.2, 0.25) is 0 Å². The Hall–Kier alpha value is -1.46. The SMILES string of the molecule is COc1ccc(C(=O)N2CC(CCl)OCC2C)cc1OC. The highest BCUT2D eigenvalue weighted by molar-refractivity contribution is 6.18. The van der Waals surface area contributed by atoms with Gasteiger partial charge in [0.05, 0.1) is 38.9 Å². The minimum atomic E-state index is -0.119. The highest BCUT2D eigenvalue weighted by atomic mass is 35.5. The zero-order chi connectivity index (χ0) is 15.4. The Kier molecular flexibility index (Phi) is 5.31. The molecule has 0 bridgehead atoms. The molecule has 5 nitrogen and oxygen atoms in total. The molecule has 0 radical (unpaired) electrons. The zero-order valence-electron chi connectivity index (χ0n) is 12.5. The minimum Gasteiger partial charge on any atom is -0.493 e. The maximum atomic E-state index is 12.7. The summed E-state index contributed by atoms with van der Waals surface area (Å²) in [4.78, 5) is 14.5. The van der Waals surface area contributed by atoms with Gasteiger partial charge in [-0.1, -0.05) is 0 Å². The highest BCUT2D eigenvalue weighted by Crippen LogP contribution is 2.28. The van der Waals surface area contributed by atoms with Crippen LogP contribution in [0.25, 0.3) is 0 Å². The topological polar surface area (TPSA) is 48.0 Å². The lowest BCUT2D eigenvalue weighted by Crippen LogP contribution is -2.51. The molecule has 1 aliphatic heterocycles. The Labute approximate surface area is 129 Å². The molecule has 0 N–H and O–H groups in total. The molecular weight excluding hydrogens is 294 g/mol. The second-order valence-electron chi connectivity index (χ2n) is 4.99. The Morgan fingerprint density at radius 3 is 2.71 bits per heavy atom. The van der Waals surface area contributed by atoms with E-state index in [2.05, 4.69) is 0 Å². The van der Waals surface area contributed by atoms with Gasteiger partial charge in [0.15, 0.2) is 11.5 Å². The molecule has 0 aromatic heterocycles. The van der Waals surface area contributed by atoms with Crippen LogP contribution in [0.1, 0.15) is 17.3 Å². The van der Waals surface area contributed by atoms with Crippen molar-refractivity contribution in [3.8, 4) is 11.5 Å². The molecule has 0 spiro atoms. The fraction of sp³-hybridized carbons (Fsp3) is 0.533. The highest BCUT2D eigenvalue weighted by Gasteiger charge is 2.30. The monoisotopic (exact) mass is 313 g/mol. The van der Waals surface area contributed by atoms with Crippen molar-refractivity contribution in [3.05, 3.63) is 23.8 Å². The zero-order valence-corrected chi connectivity index (χ0v) is 13.2. The summed E-state index contributed by atoms with van der Waals surface area (Å²) in [5.41, 5.74) is 0.565. The number of ether oxygens (including phenoxy) is 3. The third kappa shape index (κ3) is 3.41. The number of methoxy groups -OCH3 is 2. The summed E-state index contributed by atoms with van der Waals surface area (Å²) in [5, 5.41) is 0. The Morgan fingerprint density at radius 1 is 1.38 bits per heavy atom. The van der Waals surface area contributed by atoms with Crippen LogP contribution in [0.2, 0.25) is 0 Å². The summed E-state index contributed by atoms with van der Waals surface area (Å²) in [7, 11) is 3.11. The number of halogens is 1. The molecule has 116 valence electrons. The van der Waals surface area contributed by atoms with Crippen molar-refractivity contribution in [2.24, 2.45) is 0 Å². The summed E-state index contributed by atoms with van der Waals surface area (Å²) < 4.78 is 16.0. The molecule has 2 rings (SSSR count). The lowest BCUT2D eigenvalue weighted by atomic mass is 10.1. The number of alkyl halides is 1. The summed E-state index contributed by atoms with van der Waals surface area (Å²) in [5.74, 6) is 1.46. The van der Waals surface area contributed by atoms with Crippen molar-refractivity contribution in [2.75, 3.05) is 33.3 Å². The number of rotatable bonds is 4. The predicted molar refractivity (Wildman–Crippen MR) is 80.5 cm³/mol. The summed E-state index contributed by atoms with van der Waals surface area (Å²) in [6.45, 7) is 2.96. The molecule has 0 aliphatic carbocycles. The van der Waals surface area contributed by atoms with Crippen molar-refractivity contribution in [1.82, 2.24) is 4.90 Å². The van der Waals surface area contributed by atoms with Crippen LogP contribution < -0.4 is 9.47 Å². The second-order valence-corrected chi connectivity index (χ2v) is 5.29. The van der Waals surface area contributed by atoms with Crippen LogP contribution in [0.5, 0.6) is 11.5 Å². The van der Waals surface area contributed by atoms with Crippen molar-refractivity contribution in [2.45, 2.75) is 19.1 Å². The van der Waals surface area contributed by atoms with E-state index in [1.807, 2.05) is 6.92 Å². The molecule has 1 aliphatic rings. The summed E-state index contributed by atoms with van der Waals surface area (Å²) in [6.07, 6.45) is -0.119. The van der Waals surface area contributed by atoms with Crippen LogP contribution in [0.15, 0.2) is 18.2 Å². The van der Waals surface area contributed by atoms with Crippen molar-refractivity contribution in [1.29, 1.82) is 0 Å². The van der Waals surface area contributed by atoms with E-state index in [1.165, 1.54) is 0 Å².